The molecule has 2 aromatic carbocycles. The highest BCUT2D eigenvalue weighted by atomic mass is 19.4. The van der Waals surface area contributed by atoms with Gasteiger partial charge in [-0.05, 0) is 49.1 Å². The zero-order chi connectivity index (χ0) is 20.9. The van der Waals surface area contributed by atoms with Crippen molar-refractivity contribution in [2.75, 3.05) is 49.6 Å². The van der Waals surface area contributed by atoms with Crippen molar-refractivity contribution in [3.63, 3.8) is 0 Å². The van der Waals surface area contributed by atoms with Gasteiger partial charge >= 0.3 is 6.18 Å². The molecule has 0 radical (unpaired) electrons. The number of aryl methyl sites for hydroxylation is 1. The van der Waals surface area contributed by atoms with E-state index in [1.165, 1.54) is 29.1 Å². The van der Waals surface area contributed by atoms with Crippen LogP contribution in [0.25, 0.3) is 0 Å². The molecule has 3 nitrogen and oxygen atoms in total. The van der Waals surface area contributed by atoms with Crippen LogP contribution in [0.3, 0.4) is 0 Å². The lowest BCUT2D eigenvalue weighted by Crippen LogP contribution is -2.49. The van der Waals surface area contributed by atoms with Gasteiger partial charge in [-0.15, -0.1) is 0 Å². The summed E-state index contributed by atoms with van der Waals surface area (Å²) in [5.74, 6) is 0.536. The molecular formula is C24H28F3N3. The van der Waals surface area contributed by atoms with Crippen molar-refractivity contribution in [3.05, 3.63) is 59.2 Å². The second-order valence-corrected chi connectivity index (χ2v) is 8.89. The Morgan fingerprint density at radius 3 is 2.70 bits per heavy atom. The number of nitrogens with zero attached hydrogens (tertiary/aromatic N) is 3. The van der Waals surface area contributed by atoms with Crippen molar-refractivity contribution >= 4 is 11.4 Å². The van der Waals surface area contributed by atoms with E-state index < -0.39 is 11.7 Å². The van der Waals surface area contributed by atoms with Gasteiger partial charge in [0.05, 0.1) is 16.9 Å². The van der Waals surface area contributed by atoms with Gasteiger partial charge < -0.3 is 14.7 Å². The quantitative estimate of drug-likeness (QED) is 0.713. The molecule has 30 heavy (non-hydrogen) atoms. The largest absolute Gasteiger partial charge is 0.416 e. The molecule has 2 unspecified atom stereocenters. The minimum absolute atomic E-state index is 0.536. The summed E-state index contributed by atoms with van der Waals surface area (Å²) in [7, 11) is 2.18. The summed E-state index contributed by atoms with van der Waals surface area (Å²) in [5, 5.41) is 0. The molecule has 1 saturated heterocycles. The van der Waals surface area contributed by atoms with Gasteiger partial charge in [-0.3, -0.25) is 0 Å². The van der Waals surface area contributed by atoms with Gasteiger partial charge in [0.2, 0.25) is 0 Å². The minimum Gasteiger partial charge on any atom is -0.371 e. The Morgan fingerprint density at radius 1 is 1.03 bits per heavy atom. The summed E-state index contributed by atoms with van der Waals surface area (Å²) in [6.45, 7) is 5.22. The Morgan fingerprint density at radius 2 is 1.87 bits per heavy atom. The van der Waals surface area contributed by atoms with E-state index in [4.69, 9.17) is 0 Å². The first-order chi connectivity index (χ1) is 14.4. The van der Waals surface area contributed by atoms with Gasteiger partial charge in [0.25, 0.3) is 0 Å². The predicted octanol–water partition coefficient (Wildman–Crippen LogP) is 4.77. The number of hydrogen-bond donors (Lipinski definition) is 0. The SMILES string of the molecule is CN1CCN2c3c(cccc31)C1CN(CCCc3cccc(C(F)(F)F)c3)CCC12. The van der Waals surface area contributed by atoms with Gasteiger partial charge in [-0.1, -0.05) is 30.3 Å². The van der Waals surface area contributed by atoms with E-state index in [1.54, 1.807) is 6.07 Å². The number of para-hydroxylation sites is 1. The summed E-state index contributed by atoms with van der Waals surface area (Å²) in [5.41, 5.74) is 4.49. The zero-order valence-corrected chi connectivity index (χ0v) is 17.3. The van der Waals surface area contributed by atoms with Crippen LogP contribution in [0.1, 0.15) is 35.4 Å². The average molecular weight is 416 g/mol. The number of hydrogen-bond acceptors (Lipinski definition) is 3. The minimum atomic E-state index is -4.27. The van der Waals surface area contributed by atoms with Gasteiger partial charge in [0.1, 0.15) is 0 Å². The molecule has 2 aromatic rings. The summed E-state index contributed by atoms with van der Waals surface area (Å²) in [6.07, 6.45) is -1.54. The summed E-state index contributed by atoms with van der Waals surface area (Å²) >= 11 is 0. The van der Waals surface area contributed by atoms with Crippen molar-refractivity contribution in [3.8, 4) is 0 Å². The maximum absolute atomic E-state index is 12.9. The van der Waals surface area contributed by atoms with Gasteiger partial charge in [-0.2, -0.15) is 13.2 Å². The molecule has 3 heterocycles. The fraction of sp³-hybridized carbons (Fsp3) is 0.500. The van der Waals surface area contributed by atoms with Crippen LogP contribution in [-0.4, -0.2) is 50.7 Å². The molecule has 3 aliphatic rings. The first kappa shape index (κ1) is 19.7. The van der Waals surface area contributed by atoms with Gasteiger partial charge in [-0.25, -0.2) is 0 Å². The molecule has 2 atom stereocenters. The molecule has 160 valence electrons. The maximum Gasteiger partial charge on any atom is 0.416 e. The number of piperidine rings is 1. The molecule has 0 N–H and O–H groups in total. The second-order valence-electron chi connectivity index (χ2n) is 8.89. The number of halogens is 3. The number of alkyl halides is 3. The third-order valence-electron chi connectivity index (χ3n) is 7.08. The summed E-state index contributed by atoms with van der Waals surface area (Å²) in [6, 6.07) is 13.1. The van der Waals surface area contributed by atoms with Crippen LogP contribution in [-0.2, 0) is 12.6 Å². The van der Waals surface area contributed by atoms with Crippen molar-refractivity contribution in [1.82, 2.24) is 4.90 Å². The fourth-order valence-electron chi connectivity index (χ4n) is 5.59. The number of benzene rings is 2. The first-order valence-electron chi connectivity index (χ1n) is 10.9. The van der Waals surface area contributed by atoms with E-state index in [2.05, 4.69) is 39.9 Å². The van der Waals surface area contributed by atoms with E-state index >= 15 is 0 Å². The monoisotopic (exact) mass is 415 g/mol. The van der Waals surface area contributed by atoms with Crippen LogP contribution >= 0.6 is 0 Å². The molecule has 0 aliphatic carbocycles. The van der Waals surface area contributed by atoms with Crippen LogP contribution in [0.2, 0.25) is 0 Å². The van der Waals surface area contributed by atoms with Crippen LogP contribution in [0.15, 0.2) is 42.5 Å². The number of likely N-dealkylation sites (tertiary alicyclic amines) is 1. The average Bonchev–Trinajstić information content (AvgIpc) is 3.05. The van der Waals surface area contributed by atoms with Gasteiger partial charge in [0.15, 0.2) is 0 Å². The summed E-state index contributed by atoms with van der Waals surface area (Å²) in [4.78, 5) is 7.51. The Kier molecular flexibility index (Phi) is 4.92. The van der Waals surface area contributed by atoms with Crippen LogP contribution < -0.4 is 9.80 Å². The molecule has 0 bridgehead atoms. The molecular weight excluding hydrogens is 387 g/mol. The van der Waals surface area contributed by atoms with Crippen molar-refractivity contribution in [2.45, 2.75) is 37.4 Å². The molecule has 1 fully saturated rings. The lowest BCUT2D eigenvalue weighted by molar-refractivity contribution is -0.137. The maximum atomic E-state index is 12.9. The van der Waals surface area contributed by atoms with Crippen molar-refractivity contribution in [1.29, 1.82) is 0 Å². The molecule has 0 aromatic heterocycles. The summed E-state index contributed by atoms with van der Waals surface area (Å²) < 4.78 is 38.8. The van der Waals surface area contributed by atoms with Crippen LogP contribution in [0.4, 0.5) is 24.5 Å². The Labute approximate surface area is 176 Å². The highest BCUT2D eigenvalue weighted by Gasteiger charge is 2.44. The Bertz CT molecular complexity index is 926. The number of rotatable bonds is 4. The Hall–Kier alpha value is -2.21. The van der Waals surface area contributed by atoms with E-state index in [0.29, 0.717) is 18.4 Å². The van der Waals surface area contributed by atoms with Crippen LogP contribution in [0.5, 0.6) is 0 Å². The highest BCUT2D eigenvalue weighted by Crippen LogP contribution is 2.50. The highest BCUT2D eigenvalue weighted by molar-refractivity contribution is 5.80. The predicted molar refractivity (Wildman–Crippen MR) is 114 cm³/mol. The third kappa shape index (κ3) is 3.45. The molecule has 5 rings (SSSR count). The lowest BCUT2D eigenvalue weighted by Gasteiger charge is -2.41. The smallest absolute Gasteiger partial charge is 0.371 e. The van der Waals surface area contributed by atoms with E-state index in [0.717, 1.165) is 57.2 Å². The molecule has 0 saturated carbocycles. The van der Waals surface area contributed by atoms with E-state index in [1.807, 2.05) is 0 Å². The first-order valence-corrected chi connectivity index (χ1v) is 10.9. The van der Waals surface area contributed by atoms with Crippen molar-refractivity contribution < 1.29 is 13.2 Å². The number of anilines is 2. The standard InChI is InChI=1S/C24H28F3N3/c1-28-13-14-30-21-10-12-29(16-20(21)19-8-3-9-22(28)23(19)30)11-4-6-17-5-2-7-18(15-17)24(25,26)27/h2-3,5,7-9,15,20-21H,4,6,10-14,16H2,1H3. The zero-order valence-electron chi connectivity index (χ0n) is 17.3. The lowest BCUT2D eigenvalue weighted by atomic mass is 9.89. The normalized spacial score (nSPS) is 23.5. The van der Waals surface area contributed by atoms with E-state index in [-0.39, 0.29) is 0 Å². The number of fused-ring (bicyclic) bond motifs is 3. The van der Waals surface area contributed by atoms with Gasteiger partial charge in [0, 0.05) is 45.2 Å². The fourth-order valence-corrected chi connectivity index (χ4v) is 5.59. The topological polar surface area (TPSA) is 9.72 Å². The van der Waals surface area contributed by atoms with Crippen LogP contribution in [0, 0.1) is 0 Å². The molecule has 0 amide bonds. The van der Waals surface area contributed by atoms with E-state index in [9.17, 15) is 13.2 Å². The second kappa shape index (κ2) is 7.49. The molecule has 0 spiro atoms. The number of likely N-dealkylation sites (N-methyl/N-ethyl adjacent to an activating group) is 1. The third-order valence-corrected chi connectivity index (χ3v) is 7.08. The molecule has 3 aliphatic heterocycles. The molecule has 6 heteroatoms. The Balaban J connectivity index is 1.23. The van der Waals surface area contributed by atoms with Crippen molar-refractivity contribution in [2.24, 2.45) is 0 Å².